The molecule has 2 rings (SSSR count). The van der Waals surface area contributed by atoms with E-state index in [2.05, 4.69) is 63.5 Å². The third-order valence-electron chi connectivity index (χ3n) is 3.19. The van der Waals surface area contributed by atoms with Crippen LogP contribution >= 0.6 is 15.9 Å². The minimum absolute atomic E-state index is 0.271. The fourth-order valence-electron chi connectivity index (χ4n) is 2.19. The van der Waals surface area contributed by atoms with Crippen LogP contribution in [-0.2, 0) is 0 Å². The second-order valence-corrected chi connectivity index (χ2v) is 5.28. The van der Waals surface area contributed by atoms with E-state index in [4.69, 9.17) is 0 Å². The summed E-state index contributed by atoms with van der Waals surface area (Å²) in [6, 6.07) is 14.8. The minimum Gasteiger partial charge on any atom is -0.312 e. The summed E-state index contributed by atoms with van der Waals surface area (Å²) in [5.41, 5.74) is 2.39. The molecule has 0 aliphatic heterocycles. The molecule has 0 amide bonds. The van der Waals surface area contributed by atoms with Gasteiger partial charge in [-0.25, -0.2) is 0 Å². The summed E-state index contributed by atoms with van der Waals surface area (Å²) >= 11 is 3.47. The van der Waals surface area contributed by atoms with Crippen LogP contribution < -0.4 is 5.32 Å². The van der Waals surface area contributed by atoms with Gasteiger partial charge in [0.05, 0.1) is 0 Å². The van der Waals surface area contributed by atoms with Gasteiger partial charge in [0, 0.05) is 28.3 Å². The molecule has 0 bridgehead atoms. The van der Waals surface area contributed by atoms with Crippen molar-refractivity contribution in [3.8, 4) is 0 Å². The van der Waals surface area contributed by atoms with Crippen molar-refractivity contribution in [2.75, 3.05) is 7.05 Å². The summed E-state index contributed by atoms with van der Waals surface area (Å²) in [5, 5.41) is 3.38. The first kappa shape index (κ1) is 13.2. The van der Waals surface area contributed by atoms with Crippen molar-refractivity contribution in [2.45, 2.75) is 18.9 Å². The van der Waals surface area contributed by atoms with Crippen molar-refractivity contribution >= 4 is 15.9 Å². The van der Waals surface area contributed by atoms with Crippen LogP contribution in [0.4, 0.5) is 0 Å². The van der Waals surface area contributed by atoms with Crippen molar-refractivity contribution in [3.05, 3.63) is 64.4 Å². The average molecular weight is 305 g/mol. The number of hydrogen-bond acceptors (Lipinski definition) is 2. The lowest BCUT2D eigenvalue weighted by atomic mass is 9.91. The Bertz CT molecular complexity index is 482. The van der Waals surface area contributed by atoms with Crippen LogP contribution in [0, 0.1) is 0 Å². The minimum atomic E-state index is 0.271. The van der Waals surface area contributed by atoms with E-state index in [1.54, 1.807) is 0 Å². The zero-order valence-corrected chi connectivity index (χ0v) is 12.2. The summed E-state index contributed by atoms with van der Waals surface area (Å²) in [5.74, 6) is 0.331. The molecule has 0 saturated heterocycles. The normalized spacial score (nSPS) is 14.2. The number of likely N-dealkylation sites (N-methyl/N-ethyl adjacent to an activating group) is 1. The van der Waals surface area contributed by atoms with Gasteiger partial charge >= 0.3 is 0 Å². The van der Waals surface area contributed by atoms with Gasteiger partial charge in [-0.1, -0.05) is 41.1 Å². The first-order valence-corrected chi connectivity index (χ1v) is 6.85. The van der Waals surface area contributed by atoms with Crippen LogP contribution in [0.3, 0.4) is 0 Å². The van der Waals surface area contributed by atoms with Crippen LogP contribution in [-0.4, -0.2) is 12.0 Å². The molecule has 1 heterocycles. The van der Waals surface area contributed by atoms with Gasteiger partial charge in [-0.2, -0.15) is 0 Å². The molecular formula is C15H17BrN2. The summed E-state index contributed by atoms with van der Waals surface area (Å²) in [6.07, 6.45) is 1.85. The van der Waals surface area contributed by atoms with E-state index < -0.39 is 0 Å². The van der Waals surface area contributed by atoms with Crippen molar-refractivity contribution in [1.29, 1.82) is 0 Å². The number of nitrogens with one attached hydrogen (secondary N) is 1. The number of benzene rings is 1. The second kappa shape index (κ2) is 6.12. The topological polar surface area (TPSA) is 24.9 Å². The van der Waals surface area contributed by atoms with Crippen molar-refractivity contribution < 1.29 is 0 Å². The predicted molar refractivity (Wildman–Crippen MR) is 78.6 cm³/mol. The number of aromatic nitrogens is 1. The Hall–Kier alpha value is -1.19. The molecule has 2 nitrogen and oxygen atoms in total. The predicted octanol–water partition coefficient (Wildman–Crippen LogP) is 3.91. The molecule has 0 spiro atoms. The molecule has 1 aromatic carbocycles. The Labute approximate surface area is 117 Å². The first-order valence-electron chi connectivity index (χ1n) is 6.06. The van der Waals surface area contributed by atoms with Gasteiger partial charge in [0.2, 0.25) is 0 Å². The molecule has 1 N–H and O–H groups in total. The van der Waals surface area contributed by atoms with Gasteiger partial charge in [-0.3, -0.25) is 4.98 Å². The number of hydrogen-bond donors (Lipinski definition) is 1. The van der Waals surface area contributed by atoms with Crippen LogP contribution in [0.25, 0.3) is 0 Å². The maximum Gasteiger partial charge on any atom is 0.0450 e. The largest absolute Gasteiger partial charge is 0.312 e. The molecule has 2 atom stereocenters. The van der Waals surface area contributed by atoms with E-state index in [9.17, 15) is 0 Å². The van der Waals surface area contributed by atoms with Gasteiger partial charge in [0.15, 0.2) is 0 Å². The molecule has 1 aromatic heterocycles. The monoisotopic (exact) mass is 304 g/mol. The maximum atomic E-state index is 4.44. The molecule has 0 saturated carbocycles. The molecule has 0 aliphatic carbocycles. The molecule has 0 fully saturated rings. The van der Waals surface area contributed by atoms with Crippen LogP contribution in [0.1, 0.15) is 30.1 Å². The van der Waals surface area contributed by atoms with Gasteiger partial charge in [-0.15, -0.1) is 0 Å². The molecular weight excluding hydrogens is 288 g/mol. The lowest BCUT2D eigenvalue weighted by Crippen LogP contribution is -2.22. The zero-order chi connectivity index (χ0) is 13.0. The smallest absolute Gasteiger partial charge is 0.0450 e. The number of pyridine rings is 1. The quantitative estimate of drug-likeness (QED) is 0.926. The average Bonchev–Trinajstić information content (AvgIpc) is 2.42. The first-order chi connectivity index (χ1) is 8.72. The SMILES string of the molecule is CNC(c1ccc(Br)cc1)C(C)c1ccccn1. The van der Waals surface area contributed by atoms with Crippen molar-refractivity contribution in [1.82, 2.24) is 10.3 Å². The summed E-state index contributed by atoms with van der Waals surface area (Å²) in [4.78, 5) is 4.44. The van der Waals surface area contributed by atoms with Gasteiger partial charge in [0.1, 0.15) is 0 Å². The highest BCUT2D eigenvalue weighted by atomic mass is 79.9. The highest BCUT2D eigenvalue weighted by molar-refractivity contribution is 9.10. The van der Waals surface area contributed by atoms with E-state index >= 15 is 0 Å². The molecule has 0 aliphatic rings. The Morgan fingerprint density at radius 2 is 1.83 bits per heavy atom. The molecule has 94 valence electrons. The molecule has 3 heteroatoms. The molecule has 2 aromatic rings. The highest BCUT2D eigenvalue weighted by Gasteiger charge is 2.19. The standard InChI is InChI=1S/C15H17BrN2/c1-11(14-5-3-4-10-18-14)15(17-2)12-6-8-13(16)9-7-12/h3-11,15,17H,1-2H3. The zero-order valence-electron chi connectivity index (χ0n) is 10.6. The summed E-state index contributed by atoms with van der Waals surface area (Å²) in [7, 11) is 1.99. The van der Waals surface area contributed by atoms with E-state index in [0.29, 0.717) is 5.92 Å². The fourth-order valence-corrected chi connectivity index (χ4v) is 2.46. The third-order valence-corrected chi connectivity index (χ3v) is 3.72. The van der Waals surface area contributed by atoms with E-state index in [1.165, 1.54) is 5.56 Å². The third kappa shape index (κ3) is 2.98. The van der Waals surface area contributed by atoms with Gasteiger partial charge in [-0.05, 0) is 36.9 Å². The summed E-state index contributed by atoms with van der Waals surface area (Å²) < 4.78 is 1.10. The fraction of sp³-hybridized carbons (Fsp3) is 0.267. The highest BCUT2D eigenvalue weighted by Crippen LogP contribution is 2.29. The molecule has 18 heavy (non-hydrogen) atoms. The van der Waals surface area contributed by atoms with E-state index in [1.807, 2.05) is 25.4 Å². The van der Waals surface area contributed by atoms with Crippen LogP contribution in [0.2, 0.25) is 0 Å². The van der Waals surface area contributed by atoms with E-state index in [0.717, 1.165) is 10.2 Å². The van der Waals surface area contributed by atoms with Crippen LogP contribution in [0.15, 0.2) is 53.1 Å². The van der Waals surface area contributed by atoms with E-state index in [-0.39, 0.29) is 6.04 Å². The maximum absolute atomic E-state index is 4.44. The number of nitrogens with zero attached hydrogens (tertiary/aromatic N) is 1. The lowest BCUT2D eigenvalue weighted by molar-refractivity contribution is 0.499. The van der Waals surface area contributed by atoms with Crippen molar-refractivity contribution in [2.24, 2.45) is 0 Å². The van der Waals surface area contributed by atoms with Crippen molar-refractivity contribution in [3.63, 3.8) is 0 Å². The second-order valence-electron chi connectivity index (χ2n) is 4.36. The Morgan fingerprint density at radius 1 is 1.11 bits per heavy atom. The summed E-state index contributed by atoms with van der Waals surface area (Å²) in [6.45, 7) is 2.20. The molecule has 0 radical (unpaired) electrons. The molecule has 2 unspecified atom stereocenters. The number of rotatable bonds is 4. The Kier molecular flexibility index (Phi) is 4.50. The van der Waals surface area contributed by atoms with Gasteiger partial charge in [0.25, 0.3) is 0 Å². The Balaban J connectivity index is 2.26. The van der Waals surface area contributed by atoms with Crippen LogP contribution in [0.5, 0.6) is 0 Å². The van der Waals surface area contributed by atoms with Gasteiger partial charge < -0.3 is 5.32 Å². The lowest BCUT2D eigenvalue weighted by Gasteiger charge is -2.23. The Morgan fingerprint density at radius 3 is 2.39 bits per heavy atom. The number of halogens is 1.